The molecule has 1 amide bonds. The third-order valence-corrected chi connectivity index (χ3v) is 3.06. The molecule has 92 valence electrons. The van der Waals surface area contributed by atoms with Crippen LogP contribution in [0.5, 0.6) is 0 Å². The number of pyridine rings is 1. The Morgan fingerprint density at radius 1 is 1.22 bits per heavy atom. The first-order valence-electron chi connectivity index (χ1n) is 5.60. The summed E-state index contributed by atoms with van der Waals surface area (Å²) in [6.07, 6.45) is 3.71. The van der Waals surface area contributed by atoms with Crippen molar-refractivity contribution in [3.63, 3.8) is 0 Å². The van der Waals surface area contributed by atoms with Crippen molar-refractivity contribution < 1.29 is 4.79 Å². The van der Waals surface area contributed by atoms with Gasteiger partial charge >= 0.3 is 0 Å². The van der Waals surface area contributed by atoms with Crippen LogP contribution in [-0.2, 0) is 5.75 Å². The third-order valence-electron chi connectivity index (χ3n) is 2.43. The largest absolute Gasteiger partial charge is 0.307 e. The Morgan fingerprint density at radius 2 is 2.00 bits per heavy atom. The minimum absolute atomic E-state index is 0.135. The predicted molar refractivity (Wildman–Crippen MR) is 75.9 cm³/mol. The molecule has 0 aliphatic heterocycles. The minimum atomic E-state index is -0.135. The summed E-state index contributed by atoms with van der Waals surface area (Å²) in [5.41, 5.74) is 1.86. The highest BCUT2D eigenvalue weighted by Gasteiger charge is 2.05. The maximum atomic E-state index is 11.9. The van der Waals surface area contributed by atoms with Crippen molar-refractivity contribution in [2.24, 2.45) is 0 Å². The Bertz CT molecular complexity index is 511. The molecule has 1 aromatic heterocycles. The van der Waals surface area contributed by atoms with E-state index in [2.05, 4.69) is 16.6 Å². The number of thioether (sulfide) groups is 1. The van der Waals surface area contributed by atoms with Crippen LogP contribution in [0.4, 0.5) is 5.82 Å². The Labute approximate surface area is 111 Å². The number of nitrogens with zero attached hydrogens (tertiary/aromatic N) is 1. The van der Waals surface area contributed by atoms with Crippen LogP contribution < -0.4 is 5.32 Å². The molecule has 0 aliphatic rings. The average molecular weight is 258 g/mol. The lowest BCUT2D eigenvalue weighted by molar-refractivity contribution is 0.102. The van der Waals surface area contributed by atoms with Crippen LogP contribution in [0.3, 0.4) is 0 Å². The van der Waals surface area contributed by atoms with Gasteiger partial charge in [-0.2, -0.15) is 11.8 Å². The van der Waals surface area contributed by atoms with E-state index >= 15 is 0 Å². The van der Waals surface area contributed by atoms with Gasteiger partial charge in [0.1, 0.15) is 5.82 Å². The van der Waals surface area contributed by atoms with E-state index in [-0.39, 0.29) is 5.91 Å². The van der Waals surface area contributed by atoms with Crippen LogP contribution in [0.25, 0.3) is 0 Å². The van der Waals surface area contributed by atoms with Gasteiger partial charge in [-0.3, -0.25) is 4.79 Å². The lowest BCUT2D eigenvalue weighted by Crippen LogP contribution is -2.12. The van der Waals surface area contributed by atoms with Gasteiger partial charge in [-0.1, -0.05) is 18.2 Å². The Kier molecular flexibility index (Phi) is 4.36. The van der Waals surface area contributed by atoms with Gasteiger partial charge in [0.15, 0.2) is 0 Å². The molecule has 1 heterocycles. The van der Waals surface area contributed by atoms with Crippen molar-refractivity contribution in [3.05, 3.63) is 59.8 Å². The lowest BCUT2D eigenvalue weighted by atomic mass is 10.1. The Hall–Kier alpha value is -1.81. The van der Waals surface area contributed by atoms with Crippen LogP contribution in [0.1, 0.15) is 15.9 Å². The summed E-state index contributed by atoms with van der Waals surface area (Å²) in [6.45, 7) is 0. The highest BCUT2D eigenvalue weighted by molar-refractivity contribution is 7.97. The van der Waals surface area contributed by atoms with Gasteiger partial charge in [-0.15, -0.1) is 0 Å². The number of hydrogen-bond acceptors (Lipinski definition) is 3. The molecule has 0 radical (unpaired) electrons. The second-order valence-electron chi connectivity index (χ2n) is 3.80. The van der Waals surface area contributed by atoms with Crippen LogP contribution in [0.2, 0.25) is 0 Å². The quantitative estimate of drug-likeness (QED) is 0.915. The fourth-order valence-corrected chi connectivity index (χ4v) is 2.07. The highest BCUT2D eigenvalue weighted by atomic mass is 32.2. The van der Waals surface area contributed by atoms with E-state index in [1.165, 1.54) is 5.56 Å². The maximum Gasteiger partial charge on any atom is 0.256 e. The number of carbonyl (C=O) groups is 1. The summed E-state index contributed by atoms with van der Waals surface area (Å²) in [7, 11) is 0. The third kappa shape index (κ3) is 3.34. The van der Waals surface area contributed by atoms with Crippen molar-refractivity contribution in [1.82, 2.24) is 4.98 Å². The van der Waals surface area contributed by atoms with E-state index in [4.69, 9.17) is 0 Å². The summed E-state index contributed by atoms with van der Waals surface area (Å²) in [6, 6.07) is 13.0. The van der Waals surface area contributed by atoms with Gasteiger partial charge in [0.05, 0.1) is 0 Å². The normalized spacial score (nSPS) is 10.1. The molecule has 0 aliphatic carbocycles. The van der Waals surface area contributed by atoms with Crippen LogP contribution >= 0.6 is 11.8 Å². The molecule has 2 aromatic rings. The predicted octanol–water partition coefficient (Wildman–Crippen LogP) is 3.20. The maximum absolute atomic E-state index is 11.9. The summed E-state index contributed by atoms with van der Waals surface area (Å²) < 4.78 is 0. The molecular formula is C14H14N2OS. The minimum Gasteiger partial charge on any atom is -0.307 e. The van der Waals surface area contributed by atoms with Gasteiger partial charge in [0.25, 0.3) is 5.91 Å². The first-order chi connectivity index (χ1) is 8.79. The van der Waals surface area contributed by atoms with E-state index < -0.39 is 0 Å². The molecule has 2 rings (SSSR count). The molecule has 0 saturated heterocycles. The van der Waals surface area contributed by atoms with Gasteiger partial charge < -0.3 is 5.32 Å². The zero-order chi connectivity index (χ0) is 12.8. The SMILES string of the molecule is CSCc1ccc(C(=O)Nc2ccccn2)cc1. The molecule has 0 saturated carbocycles. The zero-order valence-corrected chi connectivity index (χ0v) is 10.9. The summed E-state index contributed by atoms with van der Waals surface area (Å²) >= 11 is 1.76. The molecule has 1 N–H and O–H groups in total. The van der Waals surface area contributed by atoms with Crippen LogP contribution in [-0.4, -0.2) is 17.1 Å². The molecule has 0 bridgehead atoms. The number of benzene rings is 1. The van der Waals surface area contributed by atoms with Crippen LogP contribution in [0, 0.1) is 0 Å². The lowest BCUT2D eigenvalue weighted by Gasteiger charge is -2.05. The molecule has 18 heavy (non-hydrogen) atoms. The van der Waals surface area contributed by atoms with E-state index in [0.717, 1.165) is 5.75 Å². The molecular weight excluding hydrogens is 244 g/mol. The first kappa shape index (κ1) is 12.6. The molecule has 1 aromatic carbocycles. The molecule has 0 unspecified atom stereocenters. The summed E-state index contributed by atoms with van der Waals surface area (Å²) in [4.78, 5) is 16.0. The van der Waals surface area contributed by atoms with Crippen molar-refractivity contribution in [2.45, 2.75) is 5.75 Å². The molecule has 0 fully saturated rings. The average Bonchev–Trinajstić information content (AvgIpc) is 2.41. The standard InChI is InChI=1S/C14H14N2OS/c1-18-10-11-5-7-12(8-6-11)14(17)16-13-4-2-3-9-15-13/h2-9H,10H2,1H3,(H,15,16,17). The van der Waals surface area contributed by atoms with E-state index in [9.17, 15) is 4.79 Å². The van der Waals surface area contributed by atoms with Crippen LogP contribution in [0.15, 0.2) is 48.7 Å². The van der Waals surface area contributed by atoms with Gasteiger partial charge in [-0.25, -0.2) is 4.98 Å². The van der Waals surface area contributed by atoms with Crippen molar-refractivity contribution in [2.75, 3.05) is 11.6 Å². The first-order valence-corrected chi connectivity index (χ1v) is 6.99. The zero-order valence-electron chi connectivity index (χ0n) is 10.1. The van der Waals surface area contributed by atoms with Gasteiger partial charge in [0.2, 0.25) is 0 Å². The van der Waals surface area contributed by atoms with E-state index in [1.54, 1.807) is 24.0 Å². The number of amides is 1. The monoisotopic (exact) mass is 258 g/mol. The van der Waals surface area contributed by atoms with E-state index in [0.29, 0.717) is 11.4 Å². The fraction of sp³-hybridized carbons (Fsp3) is 0.143. The highest BCUT2D eigenvalue weighted by Crippen LogP contribution is 2.11. The number of rotatable bonds is 4. The second-order valence-corrected chi connectivity index (χ2v) is 4.67. The summed E-state index contributed by atoms with van der Waals surface area (Å²) in [5.74, 6) is 1.39. The van der Waals surface area contributed by atoms with Crippen molar-refractivity contribution in [3.8, 4) is 0 Å². The Morgan fingerprint density at radius 3 is 2.61 bits per heavy atom. The smallest absolute Gasteiger partial charge is 0.256 e. The molecule has 4 heteroatoms. The summed E-state index contributed by atoms with van der Waals surface area (Å²) in [5, 5.41) is 2.75. The number of anilines is 1. The fourth-order valence-electron chi connectivity index (χ4n) is 1.54. The van der Waals surface area contributed by atoms with Gasteiger partial charge in [-0.05, 0) is 36.1 Å². The van der Waals surface area contributed by atoms with Crippen molar-refractivity contribution in [1.29, 1.82) is 0 Å². The number of aromatic nitrogens is 1. The van der Waals surface area contributed by atoms with E-state index in [1.807, 2.05) is 36.4 Å². The number of hydrogen-bond donors (Lipinski definition) is 1. The second kappa shape index (κ2) is 6.21. The Balaban J connectivity index is 2.05. The van der Waals surface area contributed by atoms with Crippen molar-refractivity contribution >= 4 is 23.5 Å². The topological polar surface area (TPSA) is 42.0 Å². The molecule has 0 atom stereocenters. The number of nitrogens with one attached hydrogen (secondary N) is 1. The van der Waals surface area contributed by atoms with Gasteiger partial charge in [0, 0.05) is 17.5 Å². The number of carbonyl (C=O) groups excluding carboxylic acids is 1. The molecule has 0 spiro atoms. The molecule has 3 nitrogen and oxygen atoms in total.